The van der Waals surface area contributed by atoms with E-state index < -0.39 is 36.1 Å². The van der Waals surface area contributed by atoms with Crippen molar-refractivity contribution in [3.8, 4) is 0 Å². The molecule has 3 amide bonds. The maximum Gasteiger partial charge on any atom is 0.287 e. The number of rotatable bonds is 9. The second-order valence-corrected chi connectivity index (χ2v) is 8.01. The highest BCUT2D eigenvalue weighted by Crippen LogP contribution is 2.29. The molecule has 0 fully saturated rings. The second-order valence-electron chi connectivity index (χ2n) is 8.01. The SMILES string of the molecule is Cc1ccc([C@H](C(=O)NCc2ccco2)N(C(=O)CNC(=O)c2ccco2)c2ccc(F)cc2)cc1. The van der Waals surface area contributed by atoms with Gasteiger partial charge in [0.25, 0.3) is 5.91 Å². The molecule has 2 aromatic heterocycles. The van der Waals surface area contributed by atoms with Crippen LogP contribution in [0.5, 0.6) is 0 Å². The fraction of sp³-hybridized carbons (Fsp3) is 0.148. The van der Waals surface area contributed by atoms with Gasteiger partial charge in [-0.05, 0) is 61.0 Å². The Morgan fingerprint density at radius 1 is 0.889 bits per heavy atom. The second kappa shape index (κ2) is 11.2. The number of hydrogen-bond acceptors (Lipinski definition) is 5. The first-order chi connectivity index (χ1) is 17.4. The fourth-order valence-electron chi connectivity index (χ4n) is 3.63. The third-order valence-electron chi connectivity index (χ3n) is 5.44. The van der Waals surface area contributed by atoms with Crippen molar-refractivity contribution in [1.29, 1.82) is 0 Å². The lowest BCUT2D eigenvalue weighted by Gasteiger charge is -2.31. The topological polar surface area (TPSA) is 105 Å². The first-order valence-corrected chi connectivity index (χ1v) is 11.2. The molecule has 0 spiro atoms. The van der Waals surface area contributed by atoms with Crippen molar-refractivity contribution in [2.75, 3.05) is 11.4 Å². The van der Waals surface area contributed by atoms with E-state index in [1.54, 1.807) is 30.3 Å². The number of carbonyl (C=O) groups is 3. The first-order valence-electron chi connectivity index (χ1n) is 11.2. The average molecular weight is 490 g/mol. The number of aryl methyl sites for hydroxylation is 1. The number of hydrogen-bond donors (Lipinski definition) is 2. The first kappa shape index (κ1) is 24.5. The summed E-state index contributed by atoms with van der Waals surface area (Å²) in [5.41, 5.74) is 1.79. The van der Waals surface area contributed by atoms with Gasteiger partial charge < -0.3 is 19.5 Å². The molecule has 2 aromatic carbocycles. The highest BCUT2D eigenvalue weighted by atomic mass is 19.1. The van der Waals surface area contributed by atoms with Crippen molar-refractivity contribution in [2.45, 2.75) is 19.5 Å². The van der Waals surface area contributed by atoms with Crippen LogP contribution in [0.25, 0.3) is 0 Å². The van der Waals surface area contributed by atoms with Gasteiger partial charge in [-0.3, -0.25) is 19.3 Å². The number of nitrogens with zero attached hydrogens (tertiary/aromatic N) is 1. The van der Waals surface area contributed by atoms with Crippen LogP contribution in [-0.4, -0.2) is 24.3 Å². The van der Waals surface area contributed by atoms with Crippen LogP contribution >= 0.6 is 0 Å². The molecule has 4 aromatic rings. The van der Waals surface area contributed by atoms with Crippen LogP contribution in [0.15, 0.2) is 94.2 Å². The van der Waals surface area contributed by atoms with Crippen LogP contribution in [0.3, 0.4) is 0 Å². The predicted molar refractivity (Wildman–Crippen MR) is 129 cm³/mol. The lowest BCUT2D eigenvalue weighted by atomic mass is 10.0. The van der Waals surface area contributed by atoms with E-state index in [0.717, 1.165) is 5.56 Å². The summed E-state index contributed by atoms with van der Waals surface area (Å²) < 4.78 is 24.1. The number of carbonyl (C=O) groups excluding carboxylic acids is 3. The molecule has 4 rings (SSSR count). The number of nitrogens with one attached hydrogen (secondary N) is 2. The van der Waals surface area contributed by atoms with Gasteiger partial charge in [-0.25, -0.2) is 4.39 Å². The van der Waals surface area contributed by atoms with Crippen molar-refractivity contribution in [3.63, 3.8) is 0 Å². The summed E-state index contributed by atoms with van der Waals surface area (Å²) in [6.45, 7) is 1.59. The summed E-state index contributed by atoms with van der Waals surface area (Å²) in [5, 5.41) is 5.31. The molecule has 2 N–H and O–H groups in total. The molecule has 9 heteroatoms. The standard InChI is InChI=1S/C27H24FN3O5/c1-18-6-8-19(9-7-18)25(27(34)29-16-22-4-2-14-35-22)31(21-12-10-20(28)11-13-21)24(32)17-30-26(33)23-5-3-15-36-23/h2-15,25H,16-17H2,1H3,(H,29,34)(H,30,33)/t25-/m1/s1. The predicted octanol–water partition coefficient (Wildman–Crippen LogP) is 4.14. The zero-order chi connectivity index (χ0) is 25.5. The highest BCUT2D eigenvalue weighted by molar-refractivity contribution is 6.04. The van der Waals surface area contributed by atoms with Gasteiger partial charge in [0.05, 0.1) is 25.6 Å². The number of benzene rings is 2. The number of halogens is 1. The quantitative estimate of drug-likeness (QED) is 0.368. The normalized spacial score (nSPS) is 11.5. The van der Waals surface area contributed by atoms with Crippen LogP contribution in [0.2, 0.25) is 0 Å². The lowest BCUT2D eigenvalue weighted by molar-refractivity contribution is -0.126. The zero-order valence-electron chi connectivity index (χ0n) is 19.4. The van der Waals surface area contributed by atoms with Crippen molar-refractivity contribution in [1.82, 2.24) is 10.6 Å². The molecular weight excluding hydrogens is 465 g/mol. The molecule has 0 unspecified atom stereocenters. The van der Waals surface area contributed by atoms with Gasteiger partial charge in [-0.2, -0.15) is 0 Å². The van der Waals surface area contributed by atoms with E-state index in [1.165, 1.54) is 47.8 Å². The van der Waals surface area contributed by atoms with Gasteiger partial charge in [0.15, 0.2) is 5.76 Å². The summed E-state index contributed by atoms with van der Waals surface area (Å²) in [4.78, 5) is 40.6. The van der Waals surface area contributed by atoms with E-state index in [1.807, 2.05) is 19.1 Å². The van der Waals surface area contributed by atoms with E-state index in [0.29, 0.717) is 11.3 Å². The number of furan rings is 2. The van der Waals surface area contributed by atoms with E-state index in [2.05, 4.69) is 10.6 Å². The molecule has 2 heterocycles. The monoisotopic (exact) mass is 489 g/mol. The van der Waals surface area contributed by atoms with Gasteiger partial charge in [-0.1, -0.05) is 29.8 Å². The number of amides is 3. The largest absolute Gasteiger partial charge is 0.467 e. The Kier molecular flexibility index (Phi) is 7.60. The Balaban J connectivity index is 1.67. The summed E-state index contributed by atoms with van der Waals surface area (Å²) in [6.07, 6.45) is 2.84. The Morgan fingerprint density at radius 2 is 1.58 bits per heavy atom. The van der Waals surface area contributed by atoms with Crippen molar-refractivity contribution in [2.24, 2.45) is 0 Å². The van der Waals surface area contributed by atoms with Crippen molar-refractivity contribution < 1.29 is 27.6 Å². The minimum atomic E-state index is -1.11. The molecule has 0 aliphatic carbocycles. The molecule has 0 bridgehead atoms. The molecule has 0 aliphatic rings. The van der Waals surface area contributed by atoms with Gasteiger partial charge in [0, 0.05) is 5.69 Å². The van der Waals surface area contributed by atoms with Gasteiger partial charge in [-0.15, -0.1) is 0 Å². The highest BCUT2D eigenvalue weighted by Gasteiger charge is 2.33. The molecule has 8 nitrogen and oxygen atoms in total. The van der Waals surface area contributed by atoms with Crippen LogP contribution in [-0.2, 0) is 16.1 Å². The fourth-order valence-corrected chi connectivity index (χ4v) is 3.63. The number of anilines is 1. The molecule has 36 heavy (non-hydrogen) atoms. The van der Waals surface area contributed by atoms with Crippen LogP contribution in [0.4, 0.5) is 10.1 Å². The van der Waals surface area contributed by atoms with E-state index in [-0.39, 0.29) is 18.0 Å². The molecule has 0 aliphatic heterocycles. The van der Waals surface area contributed by atoms with E-state index in [4.69, 9.17) is 8.83 Å². The molecule has 0 radical (unpaired) electrons. The summed E-state index contributed by atoms with van der Waals surface area (Å²) in [5.74, 6) is -1.56. The smallest absolute Gasteiger partial charge is 0.287 e. The van der Waals surface area contributed by atoms with E-state index >= 15 is 0 Å². The molecular formula is C27H24FN3O5. The minimum absolute atomic E-state index is 0.0439. The minimum Gasteiger partial charge on any atom is -0.467 e. The Labute approximate surface area is 206 Å². The van der Waals surface area contributed by atoms with Crippen LogP contribution < -0.4 is 15.5 Å². The zero-order valence-corrected chi connectivity index (χ0v) is 19.4. The molecule has 184 valence electrons. The molecule has 0 saturated carbocycles. The lowest BCUT2D eigenvalue weighted by Crippen LogP contribution is -2.47. The Hall–Kier alpha value is -4.66. The van der Waals surface area contributed by atoms with Crippen molar-refractivity contribution in [3.05, 3.63) is 114 Å². The van der Waals surface area contributed by atoms with Gasteiger partial charge >= 0.3 is 0 Å². The van der Waals surface area contributed by atoms with E-state index in [9.17, 15) is 18.8 Å². The summed E-state index contributed by atoms with van der Waals surface area (Å²) >= 11 is 0. The van der Waals surface area contributed by atoms with Crippen LogP contribution in [0, 0.1) is 12.7 Å². The average Bonchev–Trinajstić information content (AvgIpc) is 3.60. The van der Waals surface area contributed by atoms with Gasteiger partial charge in [0.2, 0.25) is 11.8 Å². The van der Waals surface area contributed by atoms with Crippen LogP contribution in [0.1, 0.15) is 33.5 Å². The van der Waals surface area contributed by atoms with Crippen molar-refractivity contribution >= 4 is 23.4 Å². The Bertz CT molecular complexity index is 1300. The third-order valence-corrected chi connectivity index (χ3v) is 5.44. The third kappa shape index (κ3) is 5.87. The Morgan fingerprint density at radius 3 is 2.22 bits per heavy atom. The molecule has 1 atom stereocenters. The summed E-state index contributed by atoms with van der Waals surface area (Å²) in [6, 6.07) is 17.7. The maximum absolute atomic E-state index is 13.7. The maximum atomic E-state index is 13.7. The summed E-state index contributed by atoms with van der Waals surface area (Å²) in [7, 11) is 0. The molecule has 0 saturated heterocycles. The van der Waals surface area contributed by atoms with Gasteiger partial charge in [0.1, 0.15) is 17.6 Å².